The van der Waals surface area contributed by atoms with Gasteiger partial charge in [0.05, 0.1) is 5.56 Å². The molecule has 0 aliphatic carbocycles. The topological polar surface area (TPSA) is 99.0 Å². The molecule has 0 aliphatic heterocycles. The zero-order valence-corrected chi connectivity index (χ0v) is 17.6. The van der Waals surface area contributed by atoms with Crippen molar-refractivity contribution in [2.45, 2.75) is 46.4 Å². The van der Waals surface area contributed by atoms with E-state index in [2.05, 4.69) is 9.97 Å². The maximum atomic E-state index is 12.6. The number of nitrogens with zero attached hydrogens (tertiary/aromatic N) is 3. The number of ether oxygens (including phenoxy) is 1. The number of hydrogen-bond donors (Lipinski definition) is 1. The highest BCUT2D eigenvalue weighted by molar-refractivity contribution is 5.95. The van der Waals surface area contributed by atoms with Crippen LogP contribution in [0, 0.1) is 0 Å². The minimum absolute atomic E-state index is 0.102. The molecule has 0 radical (unpaired) electrons. The molecule has 4 aromatic rings. The van der Waals surface area contributed by atoms with Crippen molar-refractivity contribution in [2.75, 3.05) is 0 Å². The Hall–Kier alpha value is -3.68. The van der Waals surface area contributed by atoms with E-state index in [-0.39, 0.29) is 6.61 Å². The first kappa shape index (κ1) is 20.6. The lowest BCUT2D eigenvalue weighted by molar-refractivity contribution is 0.0459. The molecule has 0 amide bonds. The summed E-state index contributed by atoms with van der Waals surface area (Å²) < 4.78 is 8.66. The van der Waals surface area contributed by atoms with Gasteiger partial charge in [-0.05, 0) is 36.2 Å². The van der Waals surface area contributed by atoms with Crippen LogP contribution in [0.5, 0.6) is 0 Å². The highest BCUT2D eigenvalue weighted by atomic mass is 16.5. The van der Waals surface area contributed by atoms with Crippen LogP contribution in [-0.4, -0.2) is 25.1 Å². The molecule has 0 spiro atoms. The Morgan fingerprint density at radius 2 is 1.84 bits per heavy atom. The summed E-state index contributed by atoms with van der Waals surface area (Å²) in [5, 5.41) is 1.99. The fourth-order valence-electron chi connectivity index (χ4n) is 3.72. The average molecular weight is 420 g/mol. The molecule has 0 fully saturated rings. The highest BCUT2D eigenvalue weighted by Gasteiger charge is 2.19. The van der Waals surface area contributed by atoms with E-state index in [1.54, 1.807) is 16.7 Å². The Bertz CT molecular complexity index is 1380. The summed E-state index contributed by atoms with van der Waals surface area (Å²) in [6.07, 6.45) is 1.68. The van der Waals surface area contributed by atoms with Crippen molar-refractivity contribution in [3.05, 3.63) is 74.7 Å². The van der Waals surface area contributed by atoms with Gasteiger partial charge in [-0.25, -0.2) is 14.6 Å². The van der Waals surface area contributed by atoms with E-state index < -0.39 is 17.2 Å². The molecule has 0 saturated carbocycles. The molecule has 4 rings (SSSR count). The van der Waals surface area contributed by atoms with Crippen molar-refractivity contribution in [1.82, 2.24) is 19.1 Å². The van der Waals surface area contributed by atoms with E-state index >= 15 is 0 Å². The molecule has 0 atom stereocenters. The third-order valence-corrected chi connectivity index (χ3v) is 5.33. The van der Waals surface area contributed by atoms with E-state index in [0.29, 0.717) is 35.6 Å². The fourth-order valence-corrected chi connectivity index (χ4v) is 3.72. The van der Waals surface area contributed by atoms with Gasteiger partial charge < -0.3 is 9.30 Å². The van der Waals surface area contributed by atoms with Crippen LogP contribution in [0.2, 0.25) is 0 Å². The zero-order valence-electron chi connectivity index (χ0n) is 17.6. The maximum absolute atomic E-state index is 12.6. The second kappa shape index (κ2) is 8.59. The van der Waals surface area contributed by atoms with E-state index in [4.69, 9.17) is 4.74 Å². The standard InChI is InChI=1S/C23H24N4O4/c1-3-5-12-27-20-19(21(28)25-23(27)30)26(4-2)18(24-20)14-31-22(29)17-11-10-15-8-6-7-9-16(15)13-17/h6-11,13H,3-5,12,14H2,1-2H3,(H,25,28,30). The normalized spacial score (nSPS) is 11.3. The molecule has 0 saturated heterocycles. The molecule has 2 aromatic carbocycles. The quantitative estimate of drug-likeness (QED) is 0.463. The van der Waals surface area contributed by atoms with Crippen molar-refractivity contribution >= 4 is 27.9 Å². The molecule has 160 valence electrons. The van der Waals surface area contributed by atoms with Gasteiger partial charge in [0, 0.05) is 13.1 Å². The third kappa shape index (κ3) is 3.88. The number of imidazole rings is 1. The largest absolute Gasteiger partial charge is 0.454 e. The minimum atomic E-state index is -0.491. The van der Waals surface area contributed by atoms with Gasteiger partial charge in [-0.3, -0.25) is 14.3 Å². The van der Waals surface area contributed by atoms with E-state index in [9.17, 15) is 14.4 Å². The first-order valence-corrected chi connectivity index (χ1v) is 10.4. The lowest BCUT2D eigenvalue weighted by atomic mass is 10.1. The van der Waals surface area contributed by atoms with Gasteiger partial charge in [0.15, 0.2) is 11.2 Å². The lowest BCUT2D eigenvalue weighted by Crippen LogP contribution is -2.31. The number of carbonyl (C=O) groups is 1. The number of unbranched alkanes of at least 4 members (excludes halogenated alkanes) is 1. The van der Waals surface area contributed by atoms with Crippen LogP contribution >= 0.6 is 0 Å². The summed E-state index contributed by atoms with van der Waals surface area (Å²) in [4.78, 5) is 44.3. The number of aromatic amines is 1. The van der Waals surface area contributed by atoms with Crippen molar-refractivity contribution in [2.24, 2.45) is 0 Å². The average Bonchev–Trinajstić information content (AvgIpc) is 3.15. The summed E-state index contributed by atoms with van der Waals surface area (Å²) in [6.45, 7) is 4.70. The molecule has 8 heteroatoms. The lowest BCUT2D eigenvalue weighted by Gasteiger charge is -2.08. The van der Waals surface area contributed by atoms with Crippen molar-refractivity contribution < 1.29 is 9.53 Å². The highest BCUT2D eigenvalue weighted by Crippen LogP contribution is 2.18. The Morgan fingerprint density at radius 1 is 1.06 bits per heavy atom. The smallest absolute Gasteiger partial charge is 0.338 e. The molecular formula is C23H24N4O4. The van der Waals surface area contributed by atoms with Gasteiger partial charge >= 0.3 is 11.7 Å². The Morgan fingerprint density at radius 3 is 2.58 bits per heavy atom. The number of nitrogens with one attached hydrogen (secondary N) is 1. The molecular weight excluding hydrogens is 396 g/mol. The fraction of sp³-hybridized carbons (Fsp3) is 0.304. The van der Waals surface area contributed by atoms with Crippen LogP contribution < -0.4 is 11.2 Å². The van der Waals surface area contributed by atoms with Gasteiger partial charge in [0.2, 0.25) is 0 Å². The summed E-state index contributed by atoms with van der Waals surface area (Å²) >= 11 is 0. The maximum Gasteiger partial charge on any atom is 0.338 e. The van der Waals surface area contributed by atoms with Gasteiger partial charge in [-0.1, -0.05) is 43.7 Å². The predicted octanol–water partition coefficient (Wildman–Crippen LogP) is 3.22. The number of carbonyl (C=O) groups excluding carboxylic acids is 1. The van der Waals surface area contributed by atoms with Crippen molar-refractivity contribution in [3.8, 4) is 0 Å². The van der Waals surface area contributed by atoms with Crippen LogP contribution in [0.1, 0.15) is 42.9 Å². The number of rotatable bonds is 7. The number of esters is 1. The molecule has 0 unspecified atom stereocenters. The number of aromatic nitrogens is 4. The summed E-state index contributed by atoms with van der Waals surface area (Å²) in [5.74, 6) is -0.0502. The van der Waals surface area contributed by atoms with E-state index in [1.807, 2.05) is 44.2 Å². The van der Waals surface area contributed by atoms with Crippen LogP contribution in [0.3, 0.4) is 0 Å². The van der Waals surface area contributed by atoms with Crippen molar-refractivity contribution in [1.29, 1.82) is 0 Å². The molecule has 31 heavy (non-hydrogen) atoms. The molecule has 2 heterocycles. The minimum Gasteiger partial charge on any atom is -0.454 e. The molecule has 0 aliphatic rings. The first-order chi connectivity index (χ1) is 15.0. The monoisotopic (exact) mass is 420 g/mol. The second-order valence-electron chi connectivity index (χ2n) is 7.35. The van der Waals surface area contributed by atoms with Crippen LogP contribution in [0.25, 0.3) is 21.9 Å². The number of H-pyrrole nitrogens is 1. The Labute approximate surface area is 178 Å². The molecule has 8 nitrogen and oxygen atoms in total. The van der Waals surface area contributed by atoms with Gasteiger partial charge in [0.25, 0.3) is 5.56 Å². The van der Waals surface area contributed by atoms with Crippen molar-refractivity contribution in [3.63, 3.8) is 0 Å². The number of fused-ring (bicyclic) bond motifs is 2. The molecule has 0 bridgehead atoms. The summed E-state index contributed by atoms with van der Waals surface area (Å²) in [6, 6.07) is 13.1. The first-order valence-electron chi connectivity index (χ1n) is 10.4. The Kier molecular flexibility index (Phi) is 5.70. The SMILES string of the molecule is CCCCn1c(=O)[nH]c(=O)c2c1nc(COC(=O)c1ccc3ccccc3c1)n2CC. The van der Waals surface area contributed by atoms with E-state index in [1.165, 1.54) is 4.57 Å². The molecule has 1 N–H and O–H groups in total. The van der Waals surface area contributed by atoms with Gasteiger partial charge in [-0.2, -0.15) is 0 Å². The van der Waals surface area contributed by atoms with Crippen LogP contribution in [-0.2, 0) is 24.4 Å². The zero-order chi connectivity index (χ0) is 22.0. The van der Waals surface area contributed by atoms with E-state index in [0.717, 1.165) is 23.6 Å². The van der Waals surface area contributed by atoms with Gasteiger partial charge in [0.1, 0.15) is 12.4 Å². The number of hydrogen-bond acceptors (Lipinski definition) is 5. The number of benzene rings is 2. The third-order valence-electron chi connectivity index (χ3n) is 5.33. The molecule has 2 aromatic heterocycles. The predicted molar refractivity (Wildman–Crippen MR) is 118 cm³/mol. The summed E-state index contributed by atoms with van der Waals surface area (Å²) in [7, 11) is 0. The Balaban J connectivity index is 1.65. The van der Waals surface area contributed by atoms with Crippen LogP contribution in [0.15, 0.2) is 52.1 Å². The van der Waals surface area contributed by atoms with Gasteiger partial charge in [-0.15, -0.1) is 0 Å². The summed E-state index contributed by atoms with van der Waals surface area (Å²) in [5.41, 5.74) is 0.104. The van der Waals surface area contributed by atoms with Crippen LogP contribution in [0.4, 0.5) is 0 Å². The second-order valence-corrected chi connectivity index (χ2v) is 7.35. The number of aryl methyl sites for hydroxylation is 2.